The number of anilines is 1. The number of carbonyl (C=O) groups excluding carboxylic acids is 2. The van der Waals surface area contributed by atoms with E-state index in [1.54, 1.807) is 6.92 Å². The fourth-order valence-electron chi connectivity index (χ4n) is 3.20. The van der Waals surface area contributed by atoms with E-state index in [9.17, 15) is 22.4 Å². The predicted octanol–water partition coefficient (Wildman–Crippen LogP) is 3.27. The molecule has 0 aliphatic carbocycles. The van der Waals surface area contributed by atoms with Crippen LogP contribution in [0.15, 0.2) is 40.8 Å². The predicted molar refractivity (Wildman–Crippen MR) is 111 cm³/mol. The largest absolute Gasteiger partial charge is 0.495 e. The van der Waals surface area contributed by atoms with Gasteiger partial charge in [0.15, 0.2) is 0 Å². The fourth-order valence-corrected chi connectivity index (χ4v) is 4.17. The molecule has 0 radical (unpaired) electrons. The second kappa shape index (κ2) is 8.26. The fraction of sp³-hybridized carbons (Fsp3) is 0.200. The van der Waals surface area contributed by atoms with E-state index in [1.165, 1.54) is 43.5 Å². The third kappa shape index (κ3) is 4.31. The minimum absolute atomic E-state index is 0.0112. The summed E-state index contributed by atoms with van der Waals surface area (Å²) >= 11 is 0. The molecule has 0 saturated heterocycles. The Balaban J connectivity index is 2.34. The van der Waals surface area contributed by atoms with Gasteiger partial charge in [0.1, 0.15) is 28.5 Å². The number of furan rings is 1. The Morgan fingerprint density at radius 3 is 2.35 bits per heavy atom. The second-order valence-electron chi connectivity index (χ2n) is 6.47. The number of hydrogen-bond donors (Lipinski definition) is 1. The number of ether oxygens (including phenoxy) is 2. The van der Waals surface area contributed by atoms with Gasteiger partial charge in [-0.2, -0.15) is 0 Å². The Morgan fingerprint density at radius 2 is 1.84 bits per heavy atom. The number of primary amides is 1. The maximum Gasteiger partial charge on any atom is 0.412 e. The van der Waals surface area contributed by atoms with Crippen LogP contribution in [0.3, 0.4) is 0 Å². The number of nitrogens with two attached hydrogens (primary N) is 1. The maximum absolute atomic E-state index is 13.4. The highest BCUT2D eigenvalue weighted by atomic mass is 32.2. The van der Waals surface area contributed by atoms with Gasteiger partial charge in [-0.1, -0.05) is 0 Å². The minimum atomic E-state index is -3.64. The van der Waals surface area contributed by atoms with Crippen LogP contribution in [0.2, 0.25) is 0 Å². The molecule has 0 aliphatic heterocycles. The van der Waals surface area contributed by atoms with Crippen LogP contribution in [0.4, 0.5) is 14.9 Å². The highest BCUT2D eigenvalue weighted by Crippen LogP contribution is 2.41. The summed E-state index contributed by atoms with van der Waals surface area (Å²) in [6.45, 7) is 1.76. The summed E-state index contributed by atoms with van der Waals surface area (Å²) in [5.74, 6) is -1.46. The summed E-state index contributed by atoms with van der Waals surface area (Å²) in [6, 6.07) is 7.88. The van der Waals surface area contributed by atoms with Crippen molar-refractivity contribution in [2.45, 2.75) is 6.92 Å². The smallest absolute Gasteiger partial charge is 0.412 e. The van der Waals surface area contributed by atoms with Crippen LogP contribution in [0.25, 0.3) is 22.3 Å². The number of sulfonamides is 1. The SMILES string of the molecule is CCN(c1cc2oc(-c3ccc(F)cc3)c(C(=O)OC(N)=O)c2cc1OC)S(C)(=O)=O. The highest BCUT2D eigenvalue weighted by Gasteiger charge is 2.28. The van der Waals surface area contributed by atoms with Crippen molar-refractivity contribution >= 4 is 38.7 Å². The number of esters is 1. The first-order valence-corrected chi connectivity index (χ1v) is 10.8. The standard InChI is InChI=1S/C20H19FN2O7S/c1-4-23(31(3,26)27)14-10-15-13(9-16(14)28-2)17(19(24)30-20(22)25)18(29-15)11-5-7-12(21)8-6-11/h5-10H,4H2,1-3H3,(H2,22,25). The quantitative estimate of drug-likeness (QED) is 0.451. The van der Waals surface area contributed by atoms with Crippen molar-refractivity contribution in [2.24, 2.45) is 5.73 Å². The van der Waals surface area contributed by atoms with Crippen LogP contribution in [0.1, 0.15) is 17.3 Å². The van der Waals surface area contributed by atoms with E-state index in [2.05, 4.69) is 4.74 Å². The summed E-state index contributed by atoms with van der Waals surface area (Å²) in [4.78, 5) is 23.8. The molecule has 0 spiro atoms. The van der Waals surface area contributed by atoms with Crippen molar-refractivity contribution < 1.29 is 36.3 Å². The van der Waals surface area contributed by atoms with Crippen LogP contribution < -0.4 is 14.8 Å². The average Bonchev–Trinajstić information content (AvgIpc) is 3.05. The first-order valence-electron chi connectivity index (χ1n) is 8.96. The maximum atomic E-state index is 13.4. The lowest BCUT2D eigenvalue weighted by Gasteiger charge is -2.22. The van der Waals surface area contributed by atoms with Crippen LogP contribution in [-0.2, 0) is 14.8 Å². The van der Waals surface area contributed by atoms with Gasteiger partial charge in [0.25, 0.3) is 0 Å². The zero-order chi connectivity index (χ0) is 22.9. The van der Waals surface area contributed by atoms with Crippen molar-refractivity contribution in [3.05, 3.63) is 47.8 Å². The van der Waals surface area contributed by atoms with Crippen molar-refractivity contribution in [3.63, 3.8) is 0 Å². The summed E-state index contributed by atoms with van der Waals surface area (Å²) in [6.07, 6.45) is -0.274. The molecule has 0 atom stereocenters. The number of nitrogens with zero attached hydrogens (tertiary/aromatic N) is 1. The highest BCUT2D eigenvalue weighted by molar-refractivity contribution is 7.92. The average molecular weight is 450 g/mol. The molecule has 3 aromatic rings. The van der Waals surface area contributed by atoms with Crippen molar-refractivity contribution in [1.29, 1.82) is 0 Å². The van der Waals surface area contributed by atoms with Crippen LogP contribution >= 0.6 is 0 Å². The third-order valence-electron chi connectivity index (χ3n) is 4.45. The zero-order valence-electron chi connectivity index (χ0n) is 16.8. The van der Waals surface area contributed by atoms with Crippen LogP contribution in [0.5, 0.6) is 5.75 Å². The molecule has 0 aliphatic rings. The Bertz CT molecular complexity index is 1270. The van der Waals surface area contributed by atoms with Crippen LogP contribution in [-0.4, -0.2) is 40.4 Å². The van der Waals surface area contributed by atoms with Crippen molar-refractivity contribution in [3.8, 4) is 17.1 Å². The second-order valence-corrected chi connectivity index (χ2v) is 8.38. The zero-order valence-corrected chi connectivity index (χ0v) is 17.7. The first kappa shape index (κ1) is 22.1. The monoisotopic (exact) mass is 450 g/mol. The molecule has 2 N–H and O–H groups in total. The number of methoxy groups -OCH3 is 1. The van der Waals surface area contributed by atoms with Gasteiger partial charge in [0, 0.05) is 23.6 Å². The third-order valence-corrected chi connectivity index (χ3v) is 5.71. The Labute approximate surface area is 177 Å². The Morgan fingerprint density at radius 1 is 1.19 bits per heavy atom. The lowest BCUT2D eigenvalue weighted by Crippen LogP contribution is -2.29. The summed E-state index contributed by atoms with van der Waals surface area (Å²) in [5, 5.41) is 0.190. The molecule has 164 valence electrons. The number of benzene rings is 2. The van der Waals surface area contributed by atoms with Gasteiger partial charge in [-0.05, 0) is 37.3 Å². The first-order chi connectivity index (χ1) is 14.6. The molecule has 0 saturated carbocycles. The van der Waals surface area contributed by atoms with E-state index in [0.717, 1.165) is 10.6 Å². The Hall–Kier alpha value is -3.60. The van der Waals surface area contributed by atoms with Gasteiger partial charge >= 0.3 is 12.1 Å². The molecule has 0 unspecified atom stereocenters. The lowest BCUT2D eigenvalue weighted by molar-refractivity contribution is 0.0640. The molecular weight excluding hydrogens is 431 g/mol. The topological polar surface area (TPSA) is 129 Å². The number of halogens is 1. The minimum Gasteiger partial charge on any atom is -0.495 e. The molecule has 2 aromatic carbocycles. The molecular formula is C20H19FN2O7S. The molecule has 31 heavy (non-hydrogen) atoms. The number of fused-ring (bicyclic) bond motifs is 1. The molecule has 0 bridgehead atoms. The summed E-state index contributed by atoms with van der Waals surface area (Å²) in [7, 11) is -2.31. The lowest BCUT2D eigenvalue weighted by atomic mass is 10.0. The number of rotatable bonds is 6. The summed E-state index contributed by atoms with van der Waals surface area (Å²) < 4.78 is 54.6. The number of amides is 1. The van der Waals surface area contributed by atoms with E-state index < -0.39 is 27.9 Å². The van der Waals surface area contributed by atoms with Crippen molar-refractivity contribution in [1.82, 2.24) is 0 Å². The molecule has 11 heteroatoms. The van der Waals surface area contributed by atoms with Gasteiger partial charge in [-0.25, -0.2) is 22.4 Å². The molecule has 3 rings (SSSR count). The molecule has 0 fully saturated rings. The van der Waals surface area contributed by atoms with Gasteiger partial charge in [-0.15, -0.1) is 0 Å². The van der Waals surface area contributed by atoms with E-state index in [-0.39, 0.29) is 40.3 Å². The van der Waals surface area contributed by atoms with E-state index in [0.29, 0.717) is 5.56 Å². The van der Waals surface area contributed by atoms with Gasteiger partial charge in [0.2, 0.25) is 10.0 Å². The molecule has 1 heterocycles. The number of carbonyl (C=O) groups is 2. The summed E-state index contributed by atoms with van der Waals surface area (Å²) in [5.41, 5.74) is 5.46. The van der Waals surface area contributed by atoms with Gasteiger partial charge in [0.05, 0.1) is 19.1 Å². The van der Waals surface area contributed by atoms with Crippen LogP contribution in [0, 0.1) is 5.82 Å². The molecule has 9 nitrogen and oxygen atoms in total. The van der Waals surface area contributed by atoms with E-state index in [1.807, 2.05) is 0 Å². The van der Waals surface area contributed by atoms with E-state index in [4.69, 9.17) is 14.9 Å². The molecule has 1 amide bonds. The normalized spacial score (nSPS) is 11.4. The van der Waals surface area contributed by atoms with Gasteiger partial charge in [-0.3, -0.25) is 4.31 Å². The Kier molecular flexibility index (Phi) is 5.89. The van der Waals surface area contributed by atoms with Gasteiger partial charge < -0.3 is 19.6 Å². The molecule has 1 aromatic heterocycles. The number of hydrogen-bond acceptors (Lipinski definition) is 7. The van der Waals surface area contributed by atoms with Crippen molar-refractivity contribution in [2.75, 3.05) is 24.2 Å². The van der Waals surface area contributed by atoms with E-state index >= 15 is 0 Å².